The number of hydrogen-bond acceptors (Lipinski definition) is 3. The summed E-state index contributed by atoms with van der Waals surface area (Å²) in [5.74, 6) is -1.10. The molecular weight excluding hydrogens is 239 g/mol. The first kappa shape index (κ1) is 14.2. The topological polar surface area (TPSA) is 49.8 Å². The lowest BCUT2D eigenvalue weighted by molar-refractivity contribution is -0.264. The van der Waals surface area contributed by atoms with Gasteiger partial charge < -0.3 is 9.84 Å². The average molecular weight is 255 g/mol. The van der Waals surface area contributed by atoms with E-state index in [4.69, 9.17) is 5.11 Å². The van der Waals surface area contributed by atoms with Gasteiger partial charge in [-0.2, -0.15) is 13.2 Å². The van der Waals surface area contributed by atoms with Crippen molar-refractivity contribution in [1.29, 1.82) is 0 Å². The molecule has 1 aliphatic heterocycles. The van der Waals surface area contributed by atoms with Gasteiger partial charge in [0.2, 0.25) is 0 Å². The first-order chi connectivity index (χ1) is 7.77. The first-order valence-electron chi connectivity index (χ1n) is 5.36. The van der Waals surface area contributed by atoms with Crippen LogP contribution in [0.3, 0.4) is 0 Å². The molecule has 0 bridgehead atoms. The van der Waals surface area contributed by atoms with Crippen molar-refractivity contribution in [3.63, 3.8) is 0 Å². The Balaban J connectivity index is 2.84. The van der Waals surface area contributed by atoms with Gasteiger partial charge in [-0.15, -0.1) is 0 Å². The summed E-state index contributed by atoms with van der Waals surface area (Å²) in [5.41, 5.74) is -2.23. The van der Waals surface area contributed by atoms with Gasteiger partial charge in [-0.1, -0.05) is 6.92 Å². The van der Waals surface area contributed by atoms with E-state index in [-0.39, 0.29) is 19.4 Å². The van der Waals surface area contributed by atoms with E-state index in [1.807, 2.05) is 0 Å². The van der Waals surface area contributed by atoms with Gasteiger partial charge in [0.1, 0.15) is 6.04 Å². The quantitative estimate of drug-likeness (QED) is 0.827. The average Bonchev–Trinajstić information content (AvgIpc) is 2.63. The van der Waals surface area contributed by atoms with Crippen molar-refractivity contribution in [2.24, 2.45) is 0 Å². The Morgan fingerprint density at radius 3 is 2.47 bits per heavy atom. The molecule has 0 aliphatic carbocycles. The highest BCUT2D eigenvalue weighted by Crippen LogP contribution is 2.41. The maximum absolute atomic E-state index is 12.9. The van der Waals surface area contributed by atoms with Crippen LogP contribution in [0.2, 0.25) is 0 Å². The second kappa shape index (κ2) is 4.81. The molecule has 1 saturated heterocycles. The van der Waals surface area contributed by atoms with Crippen molar-refractivity contribution >= 4 is 5.97 Å². The van der Waals surface area contributed by atoms with Gasteiger partial charge in [-0.05, 0) is 12.8 Å². The number of methoxy groups -OCH3 is 1. The zero-order chi connectivity index (χ0) is 13.3. The summed E-state index contributed by atoms with van der Waals surface area (Å²) >= 11 is 0. The fourth-order valence-corrected chi connectivity index (χ4v) is 2.18. The molecule has 4 nitrogen and oxygen atoms in total. The Kier molecular flexibility index (Phi) is 4.03. The highest BCUT2D eigenvalue weighted by molar-refractivity contribution is 5.73. The summed E-state index contributed by atoms with van der Waals surface area (Å²) in [6.45, 7) is 1.30. The number of carboxylic acid groups (broad SMARTS) is 1. The fraction of sp³-hybridized carbons (Fsp3) is 0.900. The number of carboxylic acids is 1. The molecule has 100 valence electrons. The zero-order valence-electron chi connectivity index (χ0n) is 9.75. The lowest BCUT2D eigenvalue weighted by atomic mass is 10.0. The van der Waals surface area contributed by atoms with Gasteiger partial charge in [0.05, 0.1) is 0 Å². The molecule has 0 amide bonds. The molecular formula is C10H16F3NO3. The van der Waals surface area contributed by atoms with E-state index >= 15 is 0 Å². The minimum absolute atomic E-state index is 0.0815. The number of aliphatic carboxylic acids is 1. The molecule has 0 aromatic heterocycles. The summed E-state index contributed by atoms with van der Waals surface area (Å²) < 4.78 is 43.2. The highest BCUT2D eigenvalue weighted by Gasteiger charge is 2.59. The van der Waals surface area contributed by atoms with Crippen molar-refractivity contribution in [2.75, 3.05) is 20.2 Å². The van der Waals surface area contributed by atoms with E-state index in [0.29, 0.717) is 0 Å². The molecule has 0 aromatic carbocycles. The van der Waals surface area contributed by atoms with Gasteiger partial charge in [0.25, 0.3) is 0 Å². The number of halogens is 3. The number of nitrogens with zero attached hydrogens (tertiary/aromatic N) is 1. The second-order valence-corrected chi connectivity index (χ2v) is 4.18. The van der Waals surface area contributed by atoms with Crippen LogP contribution < -0.4 is 0 Å². The molecule has 17 heavy (non-hydrogen) atoms. The molecule has 7 heteroatoms. The van der Waals surface area contributed by atoms with Crippen molar-refractivity contribution in [3.8, 4) is 0 Å². The number of carbonyl (C=O) groups is 1. The third-order valence-electron chi connectivity index (χ3n) is 3.28. The summed E-state index contributed by atoms with van der Waals surface area (Å²) in [7, 11) is 1.01. The van der Waals surface area contributed by atoms with Crippen LogP contribution in [0.25, 0.3) is 0 Å². The summed E-state index contributed by atoms with van der Waals surface area (Å²) in [6.07, 6.45) is -4.43. The molecule has 0 saturated carbocycles. The monoisotopic (exact) mass is 255 g/mol. The van der Waals surface area contributed by atoms with Crippen molar-refractivity contribution in [2.45, 2.75) is 37.6 Å². The van der Waals surface area contributed by atoms with E-state index in [2.05, 4.69) is 4.74 Å². The Bertz CT molecular complexity index is 295. The van der Waals surface area contributed by atoms with Crippen LogP contribution in [0.15, 0.2) is 0 Å². The maximum Gasteiger partial charge on any atom is 0.418 e. The lowest BCUT2D eigenvalue weighted by Crippen LogP contribution is -2.51. The largest absolute Gasteiger partial charge is 0.480 e. The normalized spacial score (nSPS) is 28.3. The highest BCUT2D eigenvalue weighted by atomic mass is 19.4. The minimum Gasteiger partial charge on any atom is -0.480 e. The predicted octanol–water partition coefficient (Wildman–Crippen LogP) is 1.50. The van der Waals surface area contributed by atoms with Crippen LogP contribution in [0, 0.1) is 0 Å². The molecule has 1 fully saturated rings. The summed E-state index contributed by atoms with van der Waals surface area (Å²) in [5, 5.41) is 8.92. The second-order valence-electron chi connectivity index (χ2n) is 4.18. The number of likely N-dealkylation sites (tertiary alicyclic amines) is 1. The molecule has 1 N–H and O–H groups in total. The Labute approximate surface area is 97.3 Å². The van der Waals surface area contributed by atoms with Crippen molar-refractivity contribution in [1.82, 2.24) is 4.90 Å². The molecule has 1 aliphatic rings. The third-order valence-corrected chi connectivity index (χ3v) is 3.28. The predicted molar refractivity (Wildman–Crippen MR) is 53.7 cm³/mol. The van der Waals surface area contributed by atoms with E-state index in [9.17, 15) is 18.0 Å². The SMILES string of the molecule is CC[C@H](C(=O)O)N1CC[C@@](OC)(C(F)(F)F)C1. The van der Waals surface area contributed by atoms with Crippen molar-refractivity contribution < 1.29 is 27.8 Å². The number of rotatable bonds is 4. The van der Waals surface area contributed by atoms with E-state index in [1.54, 1.807) is 6.92 Å². The van der Waals surface area contributed by atoms with E-state index in [0.717, 1.165) is 7.11 Å². The standard InChI is InChI=1S/C10H16F3NO3/c1-3-7(8(15)16)14-5-4-9(6-14,17-2)10(11,12)13/h7H,3-6H2,1-2H3,(H,15,16)/t7-,9+/m1/s1. The molecule has 2 atom stereocenters. The smallest absolute Gasteiger partial charge is 0.418 e. The van der Waals surface area contributed by atoms with Crippen molar-refractivity contribution in [3.05, 3.63) is 0 Å². The Hall–Kier alpha value is -0.820. The van der Waals surface area contributed by atoms with Crippen LogP contribution in [-0.4, -0.2) is 54.0 Å². The summed E-state index contributed by atoms with van der Waals surface area (Å²) in [6, 6.07) is -0.880. The van der Waals surface area contributed by atoms with Crippen LogP contribution in [0.4, 0.5) is 13.2 Å². The van der Waals surface area contributed by atoms with Crippen LogP contribution in [0.1, 0.15) is 19.8 Å². The van der Waals surface area contributed by atoms with Gasteiger partial charge in [0, 0.05) is 20.2 Å². The molecule has 1 rings (SSSR count). The van der Waals surface area contributed by atoms with Crippen LogP contribution in [0.5, 0.6) is 0 Å². The molecule has 0 aromatic rings. The summed E-state index contributed by atoms with van der Waals surface area (Å²) in [4.78, 5) is 12.2. The van der Waals surface area contributed by atoms with Crippen LogP contribution in [-0.2, 0) is 9.53 Å². The third kappa shape index (κ3) is 2.55. The van der Waals surface area contributed by atoms with Gasteiger partial charge in [0.15, 0.2) is 5.60 Å². The van der Waals surface area contributed by atoms with Gasteiger partial charge in [-0.3, -0.25) is 9.69 Å². The zero-order valence-corrected chi connectivity index (χ0v) is 9.75. The fourth-order valence-electron chi connectivity index (χ4n) is 2.18. The minimum atomic E-state index is -4.48. The van der Waals surface area contributed by atoms with E-state index in [1.165, 1.54) is 4.90 Å². The molecule has 0 radical (unpaired) electrons. The number of hydrogen-bond donors (Lipinski definition) is 1. The number of alkyl halides is 3. The Morgan fingerprint density at radius 1 is 1.59 bits per heavy atom. The van der Waals surface area contributed by atoms with E-state index < -0.39 is 30.3 Å². The van der Waals surface area contributed by atoms with Gasteiger partial charge >= 0.3 is 12.1 Å². The first-order valence-corrected chi connectivity index (χ1v) is 5.36. The maximum atomic E-state index is 12.9. The number of ether oxygens (including phenoxy) is 1. The lowest BCUT2D eigenvalue weighted by Gasteiger charge is -2.31. The van der Waals surface area contributed by atoms with Crippen LogP contribution >= 0.6 is 0 Å². The molecule has 0 spiro atoms. The molecule has 1 heterocycles. The van der Waals surface area contributed by atoms with Gasteiger partial charge in [-0.25, -0.2) is 0 Å². The molecule has 0 unspecified atom stereocenters. The Morgan fingerprint density at radius 2 is 2.18 bits per heavy atom.